The number of anilines is 1. The van der Waals surface area contributed by atoms with Crippen molar-refractivity contribution in [2.45, 2.75) is 9.79 Å². The predicted octanol–water partition coefficient (Wildman–Crippen LogP) is 5.94. The Morgan fingerprint density at radius 3 is 1.76 bits per heavy atom. The molecule has 38 heavy (non-hydrogen) atoms. The van der Waals surface area contributed by atoms with Crippen LogP contribution in [0, 0.1) is 5.39 Å². The van der Waals surface area contributed by atoms with Gasteiger partial charge in [-0.1, -0.05) is 18.2 Å². The van der Waals surface area contributed by atoms with Gasteiger partial charge in [0, 0.05) is 12.1 Å². The van der Waals surface area contributed by atoms with Crippen LogP contribution >= 0.6 is 0 Å². The van der Waals surface area contributed by atoms with Gasteiger partial charge in [0.2, 0.25) is 5.39 Å². The Labute approximate surface area is 214 Å². The second-order valence-electron chi connectivity index (χ2n) is 7.61. The minimum Gasteiger partial charge on any atom is -0.505 e. The predicted molar refractivity (Wildman–Crippen MR) is 136 cm³/mol. The minimum absolute atomic E-state index is 0.182. The van der Waals surface area contributed by atoms with E-state index in [1.807, 2.05) is 0 Å². The van der Waals surface area contributed by atoms with E-state index in [9.17, 15) is 31.0 Å². The molecule has 0 saturated heterocycles. The van der Waals surface area contributed by atoms with Crippen LogP contribution in [0.5, 0.6) is 5.75 Å². The van der Waals surface area contributed by atoms with Crippen molar-refractivity contribution in [3.8, 4) is 5.75 Å². The number of benzene rings is 4. The number of fused-ring (bicyclic) bond motifs is 1. The fourth-order valence-corrected chi connectivity index (χ4v) is 4.73. The number of nitrogens with two attached hydrogens (primary N) is 1. The van der Waals surface area contributed by atoms with Crippen molar-refractivity contribution in [3.05, 3.63) is 71.7 Å². The van der Waals surface area contributed by atoms with E-state index in [0.29, 0.717) is 0 Å². The van der Waals surface area contributed by atoms with Crippen molar-refractivity contribution >= 4 is 65.1 Å². The lowest BCUT2D eigenvalue weighted by molar-refractivity contribution is 0.472. The Balaban J connectivity index is 2.01. The maximum Gasteiger partial charge on any atom is 0.385 e. The van der Waals surface area contributed by atoms with Crippen LogP contribution in [0.15, 0.2) is 97.0 Å². The first-order chi connectivity index (χ1) is 17.9. The summed E-state index contributed by atoms with van der Waals surface area (Å²) in [5.41, 5.74) is 5.07. The molecule has 4 aromatic carbocycles. The van der Waals surface area contributed by atoms with Crippen molar-refractivity contribution in [1.29, 1.82) is 5.39 Å². The summed E-state index contributed by atoms with van der Waals surface area (Å²) < 4.78 is 68.0. The van der Waals surface area contributed by atoms with Crippen molar-refractivity contribution in [3.63, 3.8) is 0 Å². The highest BCUT2D eigenvalue weighted by molar-refractivity contribution is 7.86. The van der Waals surface area contributed by atoms with Gasteiger partial charge in [-0.25, -0.2) is 0 Å². The summed E-state index contributed by atoms with van der Waals surface area (Å²) in [5, 5.41) is 34.5. The molecule has 0 spiro atoms. The average Bonchev–Trinajstić information content (AvgIpc) is 2.86. The quantitative estimate of drug-likeness (QED) is 0.0954. The third-order valence-corrected chi connectivity index (χ3v) is 6.86. The molecule has 0 unspecified atom stereocenters. The van der Waals surface area contributed by atoms with Gasteiger partial charge in [-0.2, -0.15) is 27.1 Å². The number of diazo groups is 1. The van der Waals surface area contributed by atoms with Gasteiger partial charge in [0.25, 0.3) is 20.2 Å². The zero-order valence-corrected chi connectivity index (χ0v) is 20.5. The van der Waals surface area contributed by atoms with Crippen LogP contribution in [0.3, 0.4) is 0 Å². The van der Waals surface area contributed by atoms with Gasteiger partial charge in [-0.3, -0.25) is 9.11 Å². The maximum atomic E-state index is 12.1. The standard InChI is InChI=1S/C22H15N7O7S2/c23-19-18-12(10-16(37(31,32)33)20(19)28-27-15-8-6-13(25-24)7-9-15)11-17(38(34,35)36)21(22(18)30)29-26-14-4-2-1-3-5-14/h1-11H,(H4-,23,26,27,30,31,32,33,34,35,36)/p+1. The molecule has 0 amide bonds. The van der Waals surface area contributed by atoms with Crippen molar-refractivity contribution in [2.24, 2.45) is 20.5 Å². The van der Waals surface area contributed by atoms with E-state index in [1.54, 1.807) is 30.3 Å². The molecule has 14 nitrogen and oxygen atoms in total. The van der Waals surface area contributed by atoms with E-state index >= 15 is 0 Å². The molecule has 0 heterocycles. The zero-order valence-electron chi connectivity index (χ0n) is 18.9. The fourth-order valence-electron chi connectivity index (χ4n) is 3.40. The van der Waals surface area contributed by atoms with Gasteiger partial charge in [-0.05, 0) is 41.8 Å². The number of phenolic OH excluding ortho intramolecular Hbond substituents is 1. The van der Waals surface area contributed by atoms with E-state index in [-0.39, 0.29) is 27.8 Å². The Morgan fingerprint density at radius 1 is 0.737 bits per heavy atom. The number of azo groups is 2. The first-order valence-corrected chi connectivity index (χ1v) is 13.2. The van der Waals surface area contributed by atoms with Crippen LogP contribution in [-0.4, -0.2) is 31.0 Å². The summed E-state index contributed by atoms with van der Waals surface area (Å²) in [4.78, 5) is 1.24. The second kappa shape index (κ2) is 9.91. The first kappa shape index (κ1) is 26.2. The smallest absolute Gasteiger partial charge is 0.385 e. The highest BCUT2D eigenvalue weighted by Crippen LogP contribution is 2.48. The molecule has 0 radical (unpaired) electrons. The summed E-state index contributed by atoms with van der Waals surface area (Å²) in [7, 11) is -10.0. The Hall–Kier alpha value is -4.82. The van der Waals surface area contributed by atoms with Gasteiger partial charge in [-0.15, -0.1) is 10.2 Å². The monoisotopic (exact) mass is 554 g/mol. The molecule has 0 aliphatic heterocycles. The number of nitrogen functional groups attached to an aromatic ring is 1. The summed E-state index contributed by atoms with van der Waals surface area (Å²) in [5.74, 6) is -0.862. The number of rotatable bonds is 6. The normalized spacial score (nSPS) is 12.3. The molecule has 0 aromatic heterocycles. The van der Waals surface area contributed by atoms with Crippen molar-refractivity contribution in [1.82, 2.24) is 0 Å². The summed E-state index contributed by atoms with van der Waals surface area (Å²) >= 11 is 0. The van der Waals surface area contributed by atoms with Crippen LogP contribution in [-0.2, 0) is 20.2 Å². The molecule has 0 atom stereocenters. The number of hydrogen-bond acceptors (Lipinski definition) is 11. The largest absolute Gasteiger partial charge is 0.505 e. The van der Waals surface area contributed by atoms with Crippen LogP contribution in [0.1, 0.15) is 0 Å². The van der Waals surface area contributed by atoms with Gasteiger partial charge in [0.05, 0.1) is 22.4 Å². The highest BCUT2D eigenvalue weighted by atomic mass is 32.2. The molecule has 0 bridgehead atoms. The van der Waals surface area contributed by atoms with Crippen molar-refractivity contribution in [2.75, 3.05) is 5.73 Å². The molecule has 5 N–H and O–H groups in total. The third kappa shape index (κ3) is 5.30. The van der Waals surface area contributed by atoms with Gasteiger partial charge >= 0.3 is 5.69 Å². The number of phenols is 1. The summed E-state index contributed by atoms with van der Waals surface area (Å²) in [6.45, 7) is 0. The number of hydrogen-bond donors (Lipinski definition) is 4. The lowest BCUT2D eigenvalue weighted by atomic mass is 10.1. The third-order valence-electron chi connectivity index (χ3n) is 5.12. The lowest BCUT2D eigenvalue weighted by Gasteiger charge is -2.14. The molecular weight excluding hydrogens is 538 g/mol. The van der Waals surface area contributed by atoms with E-state index in [1.165, 1.54) is 24.3 Å². The van der Waals surface area contributed by atoms with Gasteiger partial charge in [0.15, 0.2) is 10.7 Å². The van der Waals surface area contributed by atoms with Gasteiger partial charge in [0.1, 0.15) is 21.2 Å². The molecule has 0 saturated carbocycles. The lowest BCUT2D eigenvalue weighted by Crippen LogP contribution is -2.03. The molecule has 0 aliphatic carbocycles. The number of aromatic hydroxyl groups is 1. The van der Waals surface area contributed by atoms with Crippen molar-refractivity contribution < 1.29 is 31.0 Å². The molecule has 0 aliphatic rings. The Kier molecular flexibility index (Phi) is 6.85. The highest BCUT2D eigenvalue weighted by Gasteiger charge is 2.28. The summed E-state index contributed by atoms with van der Waals surface area (Å²) in [6.07, 6.45) is 0. The van der Waals surface area contributed by atoms with Crippen LogP contribution < -0.4 is 5.73 Å². The molecular formula is C22H16N7O7S2+. The summed E-state index contributed by atoms with van der Waals surface area (Å²) in [6, 6.07) is 15.2. The topological polar surface area (TPSA) is 233 Å². The Bertz CT molecular complexity index is 1890. The molecule has 4 rings (SSSR count). The average molecular weight is 555 g/mol. The van der Waals surface area contributed by atoms with E-state index in [4.69, 9.17) is 11.1 Å². The van der Waals surface area contributed by atoms with Crippen LogP contribution in [0.2, 0.25) is 0 Å². The van der Waals surface area contributed by atoms with Crippen LogP contribution in [0.25, 0.3) is 15.7 Å². The molecule has 0 fully saturated rings. The van der Waals surface area contributed by atoms with E-state index in [2.05, 4.69) is 25.4 Å². The molecule has 4 aromatic rings. The Morgan fingerprint density at radius 2 is 1.24 bits per heavy atom. The zero-order chi connectivity index (χ0) is 27.7. The van der Waals surface area contributed by atoms with Gasteiger partial charge < -0.3 is 10.8 Å². The maximum absolute atomic E-state index is 12.1. The molecule has 16 heteroatoms. The number of nitrogens with zero attached hydrogens (tertiary/aromatic N) is 6. The second-order valence-corrected chi connectivity index (χ2v) is 10.4. The molecule has 192 valence electrons. The first-order valence-electron chi connectivity index (χ1n) is 10.3. The van der Waals surface area contributed by atoms with Crippen LogP contribution in [0.4, 0.5) is 34.1 Å². The van der Waals surface area contributed by atoms with E-state index in [0.717, 1.165) is 12.1 Å². The SMILES string of the molecule is N#[N+]c1ccc(N=Nc2c(S(=O)(=O)O)cc3cc(S(=O)(=O)O)c(N=Nc4ccccc4)c(O)c3c2N)cc1. The minimum atomic E-state index is -5.01. The van der Waals surface area contributed by atoms with E-state index < -0.39 is 52.8 Å². The fraction of sp³-hybridized carbons (Fsp3) is 0.